The van der Waals surface area contributed by atoms with E-state index in [2.05, 4.69) is 111 Å². The molecule has 1 amide bonds. The maximum Gasteiger partial charge on any atom is 0.410 e. The number of nitrogens with one attached hydrogen (secondary N) is 1. The summed E-state index contributed by atoms with van der Waals surface area (Å²) in [5.41, 5.74) is 21.8. The van der Waals surface area contributed by atoms with Crippen LogP contribution in [-0.4, -0.2) is 206 Å². The average Bonchev–Trinajstić information content (AvgIpc) is 3.65. The first-order valence-electron chi connectivity index (χ1n) is 29.8. The maximum atomic E-state index is 12.5. The molecule has 6 fully saturated rings. The fourth-order valence-corrected chi connectivity index (χ4v) is 12.7. The minimum atomic E-state index is -0.210. The lowest BCUT2D eigenvalue weighted by Crippen LogP contribution is -2.57. The zero-order valence-corrected chi connectivity index (χ0v) is 47.8. The second kappa shape index (κ2) is 27.7. The Labute approximate surface area is 475 Å². The van der Waals surface area contributed by atoms with E-state index in [1.54, 1.807) is 0 Å². The Kier molecular flexibility index (Phi) is 19.8. The Bertz CT molecular complexity index is 2740. The molecule has 5 N–H and O–H groups in total. The fraction of sp³-hybridized carbons (Fsp3) is 0.565. The molecule has 18 heteroatoms. The number of hydrogen-bond acceptors (Lipinski definition) is 17. The first kappa shape index (κ1) is 57.3. The van der Waals surface area contributed by atoms with Crippen molar-refractivity contribution in [2.24, 2.45) is 0 Å². The van der Waals surface area contributed by atoms with Crippen molar-refractivity contribution in [3.8, 4) is 22.5 Å². The van der Waals surface area contributed by atoms with Gasteiger partial charge in [0, 0.05) is 116 Å². The summed E-state index contributed by atoms with van der Waals surface area (Å²) in [5, 5.41) is 20.8. The SMILES string of the molecule is Cc1ccccc1-c1cc(N2CCC3(CC2)CN(CCCCN2CCN(C(=O)OCc4ccccc4)CC2)CCO3)c(N)nn1.Cc1ccccc1-c1cc(N2CCC3(CC2)CN(CCCCN2CCNCC2)CCO3)c(N)nn1. The van der Waals surface area contributed by atoms with Crippen LogP contribution in [-0.2, 0) is 20.8 Å². The Hall–Kier alpha value is -5.99. The van der Waals surface area contributed by atoms with Crippen LogP contribution in [0.1, 0.15) is 68.1 Å². The number of amides is 1. The number of aryl methyl sites for hydroxylation is 2. The van der Waals surface area contributed by atoms with Crippen LogP contribution in [0.3, 0.4) is 0 Å². The van der Waals surface area contributed by atoms with Gasteiger partial charge in [0.15, 0.2) is 11.6 Å². The molecule has 6 saturated heterocycles. The summed E-state index contributed by atoms with van der Waals surface area (Å²) < 4.78 is 18.4. The van der Waals surface area contributed by atoms with Crippen molar-refractivity contribution in [1.82, 2.24) is 50.2 Å². The van der Waals surface area contributed by atoms with Crippen LogP contribution in [0, 0.1) is 13.8 Å². The normalized spacial score (nSPS) is 20.1. The summed E-state index contributed by atoms with van der Waals surface area (Å²) in [6, 6.07) is 30.6. The Morgan fingerprint density at radius 3 is 1.45 bits per heavy atom. The van der Waals surface area contributed by atoms with E-state index >= 15 is 0 Å². The number of piperazine rings is 2. The first-order chi connectivity index (χ1) is 39.1. The Balaban J connectivity index is 0.000000186. The third-order valence-electron chi connectivity index (χ3n) is 17.6. The van der Waals surface area contributed by atoms with Gasteiger partial charge in [-0.25, -0.2) is 4.79 Å². The highest BCUT2D eigenvalue weighted by Gasteiger charge is 2.41. The molecule has 11 rings (SSSR count). The van der Waals surface area contributed by atoms with Crippen LogP contribution in [0.4, 0.5) is 27.8 Å². The molecule has 430 valence electrons. The van der Waals surface area contributed by atoms with Gasteiger partial charge in [-0.3, -0.25) is 14.7 Å². The molecule has 0 atom stereocenters. The van der Waals surface area contributed by atoms with Crippen LogP contribution in [0.25, 0.3) is 22.5 Å². The zero-order valence-electron chi connectivity index (χ0n) is 47.8. The standard InChI is InChI=1S/C35H47N7O3.C27H41N7O/c1-28-9-5-6-12-30(28)31-25-32(33(36)38-37-31)41-17-13-35(14-18-41)27-40(23-24-45-35)16-8-7-15-39-19-21-42(22-20-39)34(43)44-26-29-10-3-2-4-11-29;1-22-6-2-3-7-23(22)24-20-25(26(28)31-30-24)34-14-8-27(9-15-34)21-33(18-19-35-27)13-5-4-12-32-16-10-29-11-17-32/h2-6,9-12,25H,7-8,13-24,26-27H2,1H3,(H2,36,38);2-3,6-7,20,29H,4-5,8-19,21H2,1H3,(H2,28,31). The minimum absolute atomic E-state index is 0.0264. The summed E-state index contributed by atoms with van der Waals surface area (Å²) in [7, 11) is 0. The molecule has 0 unspecified atom stereocenters. The lowest BCUT2D eigenvalue weighted by molar-refractivity contribution is -0.121. The van der Waals surface area contributed by atoms with Crippen LogP contribution in [0.15, 0.2) is 91.0 Å². The predicted octanol–water partition coefficient (Wildman–Crippen LogP) is 6.83. The van der Waals surface area contributed by atoms with Gasteiger partial charge in [-0.1, -0.05) is 78.9 Å². The molecule has 0 saturated carbocycles. The minimum Gasteiger partial charge on any atom is -0.445 e. The van der Waals surface area contributed by atoms with Gasteiger partial charge in [-0.15, -0.1) is 20.4 Å². The number of aromatic nitrogens is 4. The number of ether oxygens (including phenoxy) is 3. The molecule has 0 aliphatic carbocycles. The second-order valence-electron chi connectivity index (χ2n) is 23.1. The highest BCUT2D eigenvalue weighted by molar-refractivity contribution is 5.74. The number of nitrogens with zero attached hydrogens (tertiary/aromatic N) is 11. The molecule has 80 heavy (non-hydrogen) atoms. The highest BCUT2D eigenvalue weighted by Crippen LogP contribution is 2.37. The van der Waals surface area contributed by atoms with Crippen LogP contribution in [0.5, 0.6) is 0 Å². The summed E-state index contributed by atoms with van der Waals surface area (Å²) in [6.07, 6.45) is 8.67. The zero-order chi connectivity index (χ0) is 55.2. The van der Waals surface area contributed by atoms with Gasteiger partial charge in [-0.2, -0.15) is 0 Å². The van der Waals surface area contributed by atoms with Crippen molar-refractivity contribution in [3.05, 3.63) is 108 Å². The van der Waals surface area contributed by atoms with Crippen molar-refractivity contribution in [1.29, 1.82) is 0 Å². The second-order valence-corrected chi connectivity index (χ2v) is 23.1. The fourth-order valence-electron chi connectivity index (χ4n) is 12.7. The molecule has 0 radical (unpaired) electrons. The summed E-state index contributed by atoms with van der Waals surface area (Å²) >= 11 is 0. The molecule has 6 aliphatic heterocycles. The van der Waals surface area contributed by atoms with Gasteiger partial charge >= 0.3 is 6.09 Å². The van der Waals surface area contributed by atoms with Crippen LogP contribution in [0.2, 0.25) is 0 Å². The number of carbonyl (C=O) groups is 1. The number of hydrogen-bond donors (Lipinski definition) is 3. The third kappa shape index (κ3) is 15.1. The summed E-state index contributed by atoms with van der Waals surface area (Å²) in [5.74, 6) is 0.993. The number of anilines is 4. The molecule has 0 bridgehead atoms. The van der Waals surface area contributed by atoms with Crippen molar-refractivity contribution in [2.75, 3.05) is 165 Å². The topological polar surface area (TPSA) is 183 Å². The molecular formula is C62H88N14O4. The molecule has 2 aromatic heterocycles. The molecule has 8 heterocycles. The smallest absolute Gasteiger partial charge is 0.410 e. The quantitative estimate of drug-likeness (QED) is 0.0874. The number of rotatable bonds is 16. The molecule has 6 aliphatic rings. The number of morpholine rings is 2. The van der Waals surface area contributed by atoms with E-state index in [1.807, 2.05) is 53.4 Å². The van der Waals surface area contributed by atoms with E-state index in [0.29, 0.717) is 18.2 Å². The van der Waals surface area contributed by atoms with Crippen molar-refractivity contribution in [3.63, 3.8) is 0 Å². The van der Waals surface area contributed by atoms with E-state index in [-0.39, 0.29) is 17.3 Å². The molecule has 5 aromatic rings. The van der Waals surface area contributed by atoms with Gasteiger partial charge in [-0.05, 0) is 120 Å². The highest BCUT2D eigenvalue weighted by atomic mass is 16.6. The monoisotopic (exact) mass is 1090 g/mol. The van der Waals surface area contributed by atoms with Gasteiger partial charge in [0.05, 0.1) is 47.2 Å². The van der Waals surface area contributed by atoms with Gasteiger partial charge < -0.3 is 50.6 Å². The Morgan fingerprint density at radius 2 is 0.975 bits per heavy atom. The van der Waals surface area contributed by atoms with Crippen molar-refractivity contribution < 1.29 is 19.0 Å². The van der Waals surface area contributed by atoms with E-state index in [9.17, 15) is 4.79 Å². The van der Waals surface area contributed by atoms with E-state index in [0.717, 1.165) is 189 Å². The van der Waals surface area contributed by atoms with Crippen molar-refractivity contribution >= 4 is 29.1 Å². The van der Waals surface area contributed by atoms with Gasteiger partial charge in [0.2, 0.25) is 0 Å². The summed E-state index contributed by atoms with van der Waals surface area (Å²) in [4.78, 5) is 29.3. The molecule has 18 nitrogen and oxygen atoms in total. The van der Waals surface area contributed by atoms with Gasteiger partial charge in [0.1, 0.15) is 6.61 Å². The predicted molar refractivity (Wildman–Crippen MR) is 319 cm³/mol. The summed E-state index contributed by atoms with van der Waals surface area (Å²) in [6.45, 7) is 26.4. The molecular weight excluding hydrogens is 1000 g/mol. The number of carbonyl (C=O) groups excluding carboxylic acids is 1. The van der Waals surface area contributed by atoms with E-state index in [4.69, 9.17) is 25.7 Å². The average molecular weight is 1090 g/mol. The maximum absolute atomic E-state index is 12.5. The number of nitrogen functional groups attached to an aromatic ring is 2. The number of nitrogens with two attached hydrogens (primary N) is 2. The molecule has 2 spiro atoms. The number of unbranched alkanes of at least 4 members (excludes halogenated alkanes) is 2. The lowest BCUT2D eigenvalue weighted by atomic mass is 9.89. The lowest BCUT2D eigenvalue weighted by Gasteiger charge is -2.48. The first-order valence-corrected chi connectivity index (χ1v) is 29.8. The number of benzene rings is 3. The van der Waals surface area contributed by atoms with E-state index in [1.165, 1.54) is 56.6 Å². The molecule has 3 aromatic carbocycles. The van der Waals surface area contributed by atoms with E-state index < -0.39 is 0 Å². The largest absolute Gasteiger partial charge is 0.445 e. The van der Waals surface area contributed by atoms with Crippen molar-refractivity contribution in [2.45, 2.75) is 83.0 Å². The Morgan fingerprint density at radius 1 is 0.537 bits per heavy atom. The van der Waals surface area contributed by atoms with Gasteiger partial charge in [0.25, 0.3) is 0 Å². The van der Waals surface area contributed by atoms with Crippen LogP contribution >= 0.6 is 0 Å². The van der Waals surface area contributed by atoms with Crippen LogP contribution < -0.4 is 26.6 Å². The number of piperidine rings is 2. The third-order valence-corrected chi connectivity index (χ3v) is 17.6.